The number of rotatable bonds is 4. The zero-order valence-corrected chi connectivity index (χ0v) is 11.9. The van der Waals surface area contributed by atoms with Crippen molar-refractivity contribution >= 4 is 11.6 Å². The monoisotopic (exact) mass is 260 g/mol. The zero-order chi connectivity index (χ0) is 13.4. The fourth-order valence-electron chi connectivity index (χ4n) is 3.97. The number of nitrogens with zero attached hydrogens (tertiary/aromatic N) is 2. The fourth-order valence-corrected chi connectivity index (χ4v) is 3.97. The molecule has 3 unspecified atom stereocenters. The Morgan fingerprint density at radius 3 is 2.79 bits per heavy atom. The van der Waals surface area contributed by atoms with Crippen LogP contribution in [0.4, 0.5) is 11.6 Å². The molecule has 0 amide bonds. The quantitative estimate of drug-likeness (QED) is 0.873. The molecule has 0 aliphatic heterocycles. The van der Waals surface area contributed by atoms with E-state index in [0.717, 1.165) is 35.7 Å². The molecule has 19 heavy (non-hydrogen) atoms. The van der Waals surface area contributed by atoms with Crippen molar-refractivity contribution in [3.63, 3.8) is 0 Å². The Labute approximate surface area is 115 Å². The van der Waals surface area contributed by atoms with Gasteiger partial charge in [0.1, 0.15) is 18.0 Å². The summed E-state index contributed by atoms with van der Waals surface area (Å²) in [4.78, 5) is 8.49. The molecule has 4 heteroatoms. The van der Waals surface area contributed by atoms with Gasteiger partial charge in [-0.05, 0) is 42.9 Å². The van der Waals surface area contributed by atoms with Gasteiger partial charge in [0, 0.05) is 12.1 Å². The highest BCUT2D eigenvalue weighted by atomic mass is 15.0. The van der Waals surface area contributed by atoms with Crippen LogP contribution < -0.4 is 11.1 Å². The first-order valence-corrected chi connectivity index (χ1v) is 7.49. The third-order valence-corrected chi connectivity index (χ3v) is 4.91. The molecule has 2 saturated carbocycles. The van der Waals surface area contributed by atoms with Crippen molar-refractivity contribution < 1.29 is 0 Å². The molecule has 3 atom stereocenters. The van der Waals surface area contributed by atoms with Crippen LogP contribution in [0, 0.1) is 17.8 Å². The lowest BCUT2D eigenvalue weighted by atomic mass is 9.89. The minimum absolute atomic E-state index is 0.351. The van der Waals surface area contributed by atoms with E-state index in [1.807, 2.05) is 0 Å². The van der Waals surface area contributed by atoms with Gasteiger partial charge in [-0.1, -0.05) is 20.3 Å². The van der Waals surface area contributed by atoms with Crippen LogP contribution in [0.3, 0.4) is 0 Å². The van der Waals surface area contributed by atoms with E-state index >= 15 is 0 Å². The average molecular weight is 260 g/mol. The van der Waals surface area contributed by atoms with E-state index in [9.17, 15) is 0 Å². The molecule has 2 aliphatic carbocycles. The molecule has 0 saturated heterocycles. The number of hydrogen-bond acceptors (Lipinski definition) is 4. The predicted octanol–water partition coefficient (Wildman–Crippen LogP) is 3.03. The Balaban J connectivity index is 1.68. The smallest absolute Gasteiger partial charge is 0.134 e. The normalized spacial score (nSPS) is 29.1. The zero-order valence-electron chi connectivity index (χ0n) is 11.9. The minimum Gasteiger partial charge on any atom is -0.383 e. The molecule has 104 valence electrons. The van der Waals surface area contributed by atoms with Crippen molar-refractivity contribution in [2.75, 3.05) is 17.6 Å². The van der Waals surface area contributed by atoms with Gasteiger partial charge in [-0.2, -0.15) is 0 Å². The van der Waals surface area contributed by atoms with Crippen LogP contribution in [0.15, 0.2) is 6.33 Å². The van der Waals surface area contributed by atoms with Gasteiger partial charge in [-0.3, -0.25) is 0 Å². The topological polar surface area (TPSA) is 63.8 Å². The Morgan fingerprint density at radius 1 is 1.32 bits per heavy atom. The van der Waals surface area contributed by atoms with Crippen LogP contribution in [0.1, 0.15) is 51.0 Å². The second-order valence-corrected chi connectivity index (χ2v) is 6.49. The number of aromatic nitrogens is 2. The van der Waals surface area contributed by atoms with E-state index in [1.165, 1.54) is 25.7 Å². The van der Waals surface area contributed by atoms with Crippen molar-refractivity contribution in [1.29, 1.82) is 0 Å². The maximum Gasteiger partial charge on any atom is 0.134 e. The third-order valence-electron chi connectivity index (χ3n) is 4.91. The summed E-state index contributed by atoms with van der Waals surface area (Å²) in [6, 6.07) is 0. The highest BCUT2D eigenvalue weighted by Gasteiger charge is 2.39. The van der Waals surface area contributed by atoms with Gasteiger partial charge in [0.25, 0.3) is 0 Å². The summed E-state index contributed by atoms with van der Waals surface area (Å²) in [5.74, 6) is 4.67. The second-order valence-electron chi connectivity index (χ2n) is 6.49. The number of nitrogens with one attached hydrogen (secondary N) is 1. The number of hydrogen-bond donors (Lipinski definition) is 2. The van der Waals surface area contributed by atoms with Crippen LogP contribution in [0.2, 0.25) is 0 Å². The van der Waals surface area contributed by atoms with Crippen molar-refractivity contribution in [2.45, 2.75) is 45.4 Å². The lowest BCUT2D eigenvalue weighted by molar-refractivity contribution is 0.348. The first-order chi connectivity index (χ1) is 9.15. The molecular formula is C15H24N4. The highest BCUT2D eigenvalue weighted by molar-refractivity contribution is 5.56. The molecule has 0 aromatic carbocycles. The first kappa shape index (κ1) is 12.7. The fraction of sp³-hybridized carbons (Fsp3) is 0.733. The maximum absolute atomic E-state index is 5.98. The summed E-state index contributed by atoms with van der Waals surface area (Å²) < 4.78 is 0. The summed E-state index contributed by atoms with van der Waals surface area (Å²) in [6.07, 6.45) is 7.30. The molecule has 1 aromatic heterocycles. The van der Waals surface area contributed by atoms with E-state index in [0.29, 0.717) is 11.7 Å². The third kappa shape index (κ3) is 2.40. The van der Waals surface area contributed by atoms with Gasteiger partial charge >= 0.3 is 0 Å². The van der Waals surface area contributed by atoms with Crippen LogP contribution in [0.5, 0.6) is 0 Å². The number of nitrogen functional groups attached to an aromatic ring is 1. The Hall–Kier alpha value is -1.32. The van der Waals surface area contributed by atoms with Crippen molar-refractivity contribution in [2.24, 2.45) is 17.8 Å². The maximum atomic E-state index is 5.98. The van der Waals surface area contributed by atoms with Gasteiger partial charge in [0.05, 0.1) is 0 Å². The first-order valence-electron chi connectivity index (χ1n) is 7.49. The molecule has 2 bridgehead atoms. The van der Waals surface area contributed by atoms with Gasteiger partial charge in [-0.15, -0.1) is 0 Å². The highest BCUT2D eigenvalue weighted by Crippen LogP contribution is 2.48. The van der Waals surface area contributed by atoms with Gasteiger partial charge in [0.15, 0.2) is 0 Å². The molecule has 1 heterocycles. The summed E-state index contributed by atoms with van der Waals surface area (Å²) in [7, 11) is 0. The molecule has 2 fully saturated rings. The van der Waals surface area contributed by atoms with Crippen molar-refractivity contribution in [3.8, 4) is 0 Å². The molecule has 3 N–H and O–H groups in total. The molecular weight excluding hydrogens is 236 g/mol. The van der Waals surface area contributed by atoms with E-state index in [-0.39, 0.29) is 0 Å². The summed E-state index contributed by atoms with van der Waals surface area (Å²) >= 11 is 0. The van der Waals surface area contributed by atoms with Crippen LogP contribution >= 0.6 is 0 Å². The van der Waals surface area contributed by atoms with Gasteiger partial charge < -0.3 is 11.1 Å². The Bertz CT molecular complexity index is 457. The molecule has 3 rings (SSSR count). The Morgan fingerprint density at radius 2 is 2.16 bits per heavy atom. The van der Waals surface area contributed by atoms with Gasteiger partial charge in [-0.25, -0.2) is 9.97 Å². The molecule has 4 nitrogen and oxygen atoms in total. The largest absolute Gasteiger partial charge is 0.383 e. The SMILES string of the molecule is CC(C)c1c(N)ncnc1NCC1CC2CCC1C2. The minimum atomic E-state index is 0.351. The molecule has 0 spiro atoms. The van der Waals surface area contributed by atoms with E-state index < -0.39 is 0 Å². The summed E-state index contributed by atoms with van der Waals surface area (Å²) in [6.45, 7) is 5.31. The standard InChI is InChI=1S/C15H24N4/c1-9(2)13-14(16)18-8-19-15(13)17-7-12-6-10-3-4-11(12)5-10/h8-12H,3-7H2,1-2H3,(H3,16,17,18,19). The van der Waals surface area contributed by atoms with E-state index in [1.54, 1.807) is 6.33 Å². The summed E-state index contributed by atoms with van der Waals surface area (Å²) in [5.41, 5.74) is 7.04. The lowest BCUT2D eigenvalue weighted by Gasteiger charge is -2.23. The lowest BCUT2D eigenvalue weighted by Crippen LogP contribution is -2.21. The van der Waals surface area contributed by atoms with Crippen molar-refractivity contribution in [1.82, 2.24) is 9.97 Å². The van der Waals surface area contributed by atoms with Crippen LogP contribution in [0.25, 0.3) is 0 Å². The van der Waals surface area contributed by atoms with Crippen LogP contribution in [-0.2, 0) is 0 Å². The number of anilines is 2. The molecule has 2 aliphatic rings. The van der Waals surface area contributed by atoms with Gasteiger partial charge in [0.2, 0.25) is 0 Å². The van der Waals surface area contributed by atoms with E-state index in [2.05, 4.69) is 29.1 Å². The number of fused-ring (bicyclic) bond motifs is 2. The Kier molecular flexibility index (Phi) is 3.33. The second kappa shape index (κ2) is 4.99. The molecule has 0 radical (unpaired) electrons. The average Bonchev–Trinajstić information content (AvgIpc) is 2.97. The number of nitrogens with two attached hydrogens (primary N) is 1. The van der Waals surface area contributed by atoms with Crippen LogP contribution in [-0.4, -0.2) is 16.5 Å². The molecule has 1 aromatic rings. The summed E-state index contributed by atoms with van der Waals surface area (Å²) in [5, 5.41) is 3.53. The van der Waals surface area contributed by atoms with Crippen molar-refractivity contribution in [3.05, 3.63) is 11.9 Å². The van der Waals surface area contributed by atoms with E-state index in [4.69, 9.17) is 5.73 Å². The predicted molar refractivity (Wildman–Crippen MR) is 78.0 cm³/mol.